The monoisotopic (exact) mass is 432 g/mol. The Morgan fingerprint density at radius 3 is 2.53 bits per heavy atom. The minimum absolute atomic E-state index is 0.136. The van der Waals surface area contributed by atoms with Crippen molar-refractivity contribution in [2.24, 2.45) is 0 Å². The molecule has 4 rings (SSSR count). The summed E-state index contributed by atoms with van der Waals surface area (Å²) in [5.41, 5.74) is 5.17. The fourth-order valence-corrected chi connectivity index (χ4v) is 4.41. The Morgan fingerprint density at radius 1 is 1.00 bits per heavy atom. The van der Waals surface area contributed by atoms with Crippen LogP contribution in [0.1, 0.15) is 39.4 Å². The van der Waals surface area contributed by atoms with Crippen LogP contribution in [-0.4, -0.2) is 58.5 Å². The number of aromatic nitrogens is 2. The van der Waals surface area contributed by atoms with E-state index in [1.165, 1.54) is 5.56 Å². The third kappa shape index (κ3) is 5.02. The van der Waals surface area contributed by atoms with Crippen molar-refractivity contribution >= 4 is 5.91 Å². The summed E-state index contributed by atoms with van der Waals surface area (Å²) in [4.78, 5) is 22.3. The maximum atomic E-state index is 13.4. The second-order valence-electron chi connectivity index (χ2n) is 8.46. The number of pyridine rings is 1. The van der Waals surface area contributed by atoms with E-state index in [0.717, 1.165) is 67.5 Å². The van der Waals surface area contributed by atoms with Gasteiger partial charge in [0.15, 0.2) is 0 Å². The van der Waals surface area contributed by atoms with E-state index in [1.807, 2.05) is 54.4 Å². The molecule has 0 bridgehead atoms. The summed E-state index contributed by atoms with van der Waals surface area (Å²) in [6.45, 7) is 9.09. The first kappa shape index (κ1) is 22.1. The normalized spacial score (nSPS) is 14.9. The van der Waals surface area contributed by atoms with E-state index >= 15 is 0 Å². The van der Waals surface area contributed by atoms with Gasteiger partial charge in [-0.1, -0.05) is 18.2 Å². The predicted octanol–water partition coefficient (Wildman–Crippen LogP) is 3.90. The number of amides is 1. The minimum atomic E-state index is 0.136. The van der Waals surface area contributed by atoms with Gasteiger partial charge in [0.25, 0.3) is 5.91 Å². The number of hydrogen-bond donors (Lipinski definition) is 0. The van der Waals surface area contributed by atoms with E-state index in [0.29, 0.717) is 6.54 Å². The number of carbonyl (C=O) groups is 1. The third-order valence-corrected chi connectivity index (χ3v) is 6.29. The molecule has 168 valence electrons. The van der Waals surface area contributed by atoms with Gasteiger partial charge in [0.1, 0.15) is 5.75 Å². The highest BCUT2D eigenvalue weighted by Gasteiger charge is 2.24. The Morgan fingerprint density at radius 2 is 1.81 bits per heavy atom. The molecule has 1 amide bonds. The second-order valence-corrected chi connectivity index (χ2v) is 8.46. The number of rotatable bonds is 6. The van der Waals surface area contributed by atoms with Crippen molar-refractivity contribution in [3.05, 3.63) is 82.9 Å². The number of ether oxygens (including phenoxy) is 1. The lowest BCUT2D eigenvalue weighted by Gasteiger charge is -2.22. The van der Waals surface area contributed by atoms with Crippen LogP contribution >= 0.6 is 0 Å². The third-order valence-electron chi connectivity index (χ3n) is 6.29. The number of carbonyl (C=O) groups excluding carboxylic acids is 1. The molecular formula is C26H32N4O2. The average Bonchev–Trinajstić information content (AvgIpc) is 2.97. The summed E-state index contributed by atoms with van der Waals surface area (Å²) in [6.07, 6.45) is 2.79. The van der Waals surface area contributed by atoms with Gasteiger partial charge in [0, 0.05) is 50.3 Å². The van der Waals surface area contributed by atoms with Crippen molar-refractivity contribution < 1.29 is 9.53 Å². The summed E-state index contributed by atoms with van der Waals surface area (Å²) in [7, 11) is 1.69. The molecule has 3 aromatic rings. The molecule has 0 spiro atoms. The first-order valence-corrected chi connectivity index (χ1v) is 11.3. The highest BCUT2D eigenvalue weighted by molar-refractivity contribution is 5.95. The molecule has 0 saturated carbocycles. The van der Waals surface area contributed by atoms with Gasteiger partial charge in [-0.05, 0) is 56.2 Å². The van der Waals surface area contributed by atoms with Crippen LogP contribution in [0.2, 0.25) is 0 Å². The van der Waals surface area contributed by atoms with Crippen LogP contribution in [0.25, 0.3) is 0 Å². The predicted molar refractivity (Wildman–Crippen MR) is 126 cm³/mol. The lowest BCUT2D eigenvalue weighted by molar-refractivity contribution is 0.0760. The van der Waals surface area contributed by atoms with Crippen LogP contribution in [-0.2, 0) is 13.1 Å². The zero-order valence-electron chi connectivity index (χ0n) is 19.3. The molecule has 6 heteroatoms. The van der Waals surface area contributed by atoms with Crippen LogP contribution in [0.3, 0.4) is 0 Å². The van der Waals surface area contributed by atoms with Gasteiger partial charge in [-0.3, -0.25) is 14.7 Å². The Bertz CT molecular complexity index is 1040. The van der Waals surface area contributed by atoms with E-state index in [4.69, 9.17) is 4.74 Å². The summed E-state index contributed by atoms with van der Waals surface area (Å²) in [5.74, 6) is 1.01. The van der Waals surface area contributed by atoms with Gasteiger partial charge in [-0.15, -0.1) is 0 Å². The summed E-state index contributed by atoms with van der Waals surface area (Å²) in [6, 6.07) is 16.2. The van der Waals surface area contributed by atoms with Gasteiger partial charge >= 0.3 is 0 Å². The SMILES string of the molecule is COc1ccc(CN2CCCN(C(=O)c3cc(C)n(Cc4ccccn4)c3C)CC2)cc1. The standard InChI is InChI=1S/C26H32N4O2/c1-20-17-25(21(2)30(20)19-23-7-4-5-12-27-23)26(31)29-14-6-13-28(15-16-29)18-22-8-10-24(32-3)11-9-22/h4-5,7-12,17H,6,13-16,18-19H2,1-3H3. The van der Waals surface area contributed by atoms with Gasteiger partial charge < -0.3 is 14.2 Å². The maximum absolute atomic E-state index is 13.4. The molecule has 32 heavy (non-hydrogen) atoms. The zero-order valence-corrected chi connectivity index (χ0v) is 19.3. The van der Waals surface area contributed by atoms with Crippen LogP contribution in [0.5, 0.6) is 5.75 Å². The Kier molecular flexibility index (Phi) is 6.90. The van der Waals surface area contributed by atoms with Crippen LogP contribution in [0.4, 0.5) is 0 Å². The molecule has 0 radical (unpaired) electrons. The summed E-state index contributed by atoms with van der Waals surface area (Å²) in [5, 5.41) is 0. The Balaban J connectivity index is 1.41. The smallest absolute Gasteiger partial charge is 0.255 e. The van der Waals surface area contributed by atoms with E-state index in [9.17, 15) is 4.79 Å². The molecule has 1 aliphatic heterocycles. The number of aryl methyl sites for hydroxylation is 1. The average molecular weight is 433 g/mol. The lowest BCUT2D eigenvalue weighted by atomic mass is 10.2. The van der Waals surface area contributed by atoms with E-state index < -0.39 is 0 Å². The topological polar surface area (TPSA) is 50.6 Å². The molecule has 3 heterocycles. The molecule has 1 fully saturated rings. The quantitative estimate of drug-likeness (QED) is 0.593. The van der Waals surface area contributed by atoms with Crippen molar-refractivity contribution in [3.8, 4) is 5.75 Å². The van der Waals surface area contributed by atoms with Crippen molar-refractivity contribution in [1.29, 1.82) is 0 Å². The Labute approximate surface area is 190 Å². The van der Waals surface area contributed by atoms with Gasteiger partial charge in [-0.25, -0.2) is 0 Å². The molecule has 0 aliphatic carbocycles. The molecular weight excluding hydrogens is 400 g/mol. The van der Waals surface area contributed by atoms with Crippen LogP contribution in [0.15, 0.2) is 54.7 Å². The highest BCUT2D eigenvalue weighted by Crippen LogP contribution is 2.20. The molecule has 1 saturated heterocycles. The van der Waals surface area contributed by atoms with Crippen molar-refractivity contribution in [2.75, 3.05) is 33.3 Å². The number of benzene rings is 1. The maximum Gasteiger partial charge on any atom is 0.255 e. The van der Waals surface area contributed by atoms with E-state index in [-0.39, 0.29) is 5.91 Å². The zero-order chi connectivity index (χ0) is 22.5. The van der Waals surface area contributed by atoms with Gasteiger partial charge in [0.05, 0.1) is 24.9 Å². The fourth-order valence-electron chi connectivity index (χ4n) is 4.41. The second kappa shape index (κ2) is 10.0. The number of nitrogens with zero attached hydrogens (tertiary/aromatic N) is 4. The van der Waals surface area contributed by atoms with Crippen LogP contribution in [0, 0.1) is 13.8 Å². The lowest BCUT2D eigenvalue weighted by Crippen LogP contribution is -2.35. The number of methoxy groups -OCH3 is 1. The highest BCUT2D eigenvalue weighted by atomic mass is 16.5. The van der Waals surface area contributed by atoms with Gasteiger partial charge in [-0.2, -0.15) is 0 Å². The number of hydrogen-bond acceptors (Lipinski definition) is 4. The van der Waals surface area contributed by atoms with Gasteiger partial charge in [0.2, 0.25) is 0 Å². The largest absolute Gasteiger partial charge is 0.497 e. The molecule has 1 aliphatic rings. The molecule has 0 unspecified atom stereocenters. The summed E-state index contributed by atoms with van der Waals surface area (Å²) >= 11 is 0. The fraction of sp³-hybridized carbons (Fsp3) is 0.385. The molecule has 1 aromatic carbocycles. The van der Waals surface area contributed by atoms with E-state index in [1.54, 1.807) is 7.11 Å². The van der Waals surface area contributed by atoms with Crippen LogP contribution < -0.4 is 4.74 Å². The summed E-state index contributed by atoms with van der Waals surface area (Å²) < 4.78 is 7.44. The molecule has 6 nitrogen and oxygen atoms in total. The van der Waals surface area contributed by atoms with Crippen molar-refractivity contribution in [1.82, 2.24) is 19.4 Å². The molecule has 0 N–H and O–H groups in total. The van der Waals surface area contributed by atoms with Crippen molar-refractivity contribution in [2.45, 2.75) is 33.4 Å². The van der Waals surface area contributed by atoms with Crippen molar-refractivity contribution in [3.63, 3.8) is 0 Å². The van der Waals surface area contributed by atoms with E-state index in [2.05, 4.69) is 33.5 Å². The minimum Gasteiger partial charge on any atom is -0.497 e. The first-order chi connectivity index (χ1) is 15.5. The molecule has 2 aromatic heterocycles. The first-order valence-electron chi connectivity index (χ1n) is 11.3. The Hall–Kier alpha value is -3.12. The molecule has 0 atom stereocenters.